The van der Waals surface area contributed by atoms with E-state index in [0.717, 1.165) is 58.4 Å². The van der Waals surface area contributed by atoms with Gasteiger partial charge in [-0.15, -0.1) is 0 Å². The van der Waals surface area contributed by atoms with Crippen LogP contribution in [0.25, 0.3) is 33.3 Å². The SMILES string of the molecule is C[Si](C)(C)CCOCn1ccc2c(Cl)nc(Cl)nc21.Cn1cc(-c2nc(Cl)nc3c2ccn3COCC[Si](C)(C)C)cn1.Cn1cc(B2OC(C)(C)C(C)(C)O2)cn1. The standard InChI is InChI=1S/C16H22ClN5OSi.C12H17Cl2N3OSi.C10H17BN2O2/c1-21-10-12(9-18-21)14-13-5-6-22(15(13)20-16(17)19-14)11-23-7-8-24(2,3)4;1-19(2,3)7-6-18-8-17-5-4-9-10(13)15-12(14)16-11(9)17;1-9(2)10(3,4)15-11(14-9)8-6-12-13(5)7-8/h5-6,9-10H,7-8,11H2,1-4H3;4-5H,6-8H2,1-3H3;6-7H,1-5H3. The molecular weight excluding hydrogens is 834 g/mol. The van der Waals surface area contributed by atoms with Crippen LogP contribution in [0.4, 0.5) is 0 Å². The Balaban J connectivity index is 0.000000170. The molecule has 0 radical (unpaired) electrons. The summed E-state index contributed by atoms with van der Waals surface area (Å²) >= 11 is 18.0. The lowest BCUT2D eigenvalue weighted by atomic mass is 9.82. The third-order valence-corrected chi connectivity index (χ3v) is 13.9. The molecule has 0 saturated carbocycles. The van der Waals surface area contributed by atoms with Crippen molar-refractivity contribution >= 4 is 85.6 Å². The molecular formula is C38H56BCl3N10O4Si2. The van der Waals surface area contributed by atoms with Crippen LogP contribution in [0.1, 0.15) is 27.7 Å². The van der Waals surface area contributed by atoms with E-state index in [0.29, 0.717) is 24.3 Å². The van der Waals surface area contributed by atoms with Crippen LogP contribution < -0.4 is 5.46 Å². The van der Waals surface area contributed by atoms with E-state index in [4.69, 9.17) is 53.6 Å². The molecule has 0 atom stereocenters. The molecule has 1 fully saturated rings. The van der Waals surface area contributed by atoms with Crippen LogP contribution in [0, 0.1) is 0 Å². The summed E-state index contributed by atoms with van der Waals surface area (Å²) < 4.78 is 30.6. The van der Waals surface area contributed by atoms with Crippen molar-refractivity contribution in [2.24, 2.45) is 14.1 Å². The maximum Gasteiger partial charge on any atom is 0.498 e. The number of aryl methyl sites for hydroxylation is 2. The van der Waals surface area contributed by atoms with Gasteiger partial charge in [-0.3, -0.25) is 9.36 Å². The van der Waals surface area contributed by atoms with Crippen LogP contribution in [-0.4, -0.2) is 96.3 Å². The number of aromatic nitrogens is 10. The van der Waals surface area contributed by atoms with Gasteiger partial charge in [0.05, 0.1) is 28.5 Å². The largest absolute Gasteiger partial charge is 0.498 e. The summed E-state index contributed by atoms with van der Waals surface area (Å²) in [5.74, 6) is 0. The average molecular weight is 890 g/mol. The van der Waals surface area contributed by atoms with Gasteiger partial charge in [-0.1, -0.05) is 50.9 Å². The fraction of sp³-hybridized carbons (Fsp3) is 0.526. The van der Waals surface area contributed by atoms with Gasteiger partial charge in [-0.2, -0.15) is 20.2 Å². The molecule has 1 saturated heterocycles. The van der Waals surface area contributed by atoms with Gasteiger partial charge in [0.2, 0.25) is 10.6 Å². The summed E-state index contributed by atoms with van der Waals surface area (Å²) in [7, 11) is 1.32. The predicted octanol–water partition coefficient (Wildman–Crippen LogP) is 8.57. The van der Waals surface area contributed by atoms with E-state index >= 15 is 0 Å². The van der Waals surface area contributed by atoms with Crippen molar-refractivity contribution in [3.05, 3.63) is 65.0 Å². The lowest BCUT2D eigenvalue weighted by Crippen LogP contribution is -2.41. The maximum atomic E-state index is 6.13. The highest BCUT2D eigenvalue weighted by atomic mass is 35.5. The van der Waals surface area contributed by atoms with Crippen molar-refractivity contribution in [3.8, 4) is 11.3 Å². The Morgan fingerprint density at radius 3 is 1.64 bits per heavy atom. The molecule has 58 heavy (non-hydrogen) atoms. The Hall–Kier alpha value is -3.13. The first-order valence-electron chi connectivity index (χ1n) is 19.2. The summed E-state index contributed by atoms with van der Waals surface area (Å²) in [5.41, 5.74) is 3.60. The molecule has 0 spiro atoms. The number of hydrogen-bond donors (Lipinski definition) is 0. The van der Waals surface area contributed by atoms with Gasteiger partial charge >= 0.3 is 7.12 Å². The van der Waals surface area contributed by atoms with Crippen LogP contribution in [0.3, 0.4) is 0 Å². The molecule has 6 aromatic rings. The van der Waals surface area contributed by atoms with Crippen LogP contribution in [0.2, 0.25) is 67.1 Å². The van der Waals surface area contributed by atoms with Crippen LogP contribution in [-0.2, 0) is 46.3 Å². The Labute approximate surface area is 358 Å². The molecule has 0 N–H and O–H groups in total. The summed E-state index contributed by atoms with van der Waals surface area (Å²) in [6, 6.07) is 6.15. The fourth-order valence-electron chi connectivity index (χ4n) is 5.64. The number of halogens is 3. The van der Waals surface area contributed by atoms with Gasteiger partial charge in [-0.25, -0.2) is 9.97 Å². The van der Waals surface area contributed by atoms with Gasteiger partial charge < -0.3 is 27.9 Å². The third-order valence-electron chi connectivity index (χ3n) is 9.82. The Morgan fingerprint density at radius 1 is 0.672 bits per heavy atom. The van der Waals surface area contributed by atoms with E-state index in [2.05, 4.69) is 69.4 Å². The second-order valence-corrected chi connectivity index (χ2v) is 30.1. The minimum atomic E-state index is -1.08. The highest BCUT2D eigenvalue weighted by Gasteiger charge is 2.52. The zero-order valence-electron chi connectivity index (χ0n) is 35.7. The summed E-state index contributed by atoms with van der Waals surface area (Å²) in [6.07, 6.45) is 11.2. The van der Waals surface area contributed by atoms with Crippen molar-refractivity contribution < 1.29 is 18.8 Å². The van der Waals surface area contributed by atoms with Gasteiger partial charge in [-0.05, 0) is 75.1 Å². The zero-order chi connectivity index (χ0) is 42.6. The number of ether oxygens (including phenoxy) is 2. The van der Waals surface area contributed by atoms with E-state index in [1.165, 1.54) is 0 Å². The minimum Gasteiger partial charge on any atom is -0.399 e. The molecule has 0 aliphatic carbocycles. The van der Waals surface area contributed by atoms with E-state index in [1.54, 1.807) is 21.8 Å². The molecule has 1 aliphatic rings. The Kier molecular flexibility index (Phi) is 14.8. The van der Waals surface area contributed by atoms with Crippen molar-refractivity contribution in [1.29, 1.82) is 0 Å². The number of nitrogens with zero attached hydrogens (tertiary/aromatic N) is 10. The van der Waals surface area contributed by atoms with Gasteiger partial charge in [0, 0.05) is 90.9 Å². The number of fused-ring (bicyclic) bond motifs is 2. The lowest BCUT2D eigenvalue weighted by Gasteiger charge is -2.32. The smallest absolute Gasteiger partial charge is 0.399 e. The topological polar surface area (TPSA) is 134 Å². The molecule has 7 rings (SSSR count). The summed E-state index contributed by atoms with van der Waals surface area (Å²) in [6.45, 7) is 24.6. The van der Waals surface area contributed by atoms with Crippen molar-refractivity contribution in [2.45, 2.75) is 104 Å². The second kappa shape index (κ2) is 18.6. The molecule has 0 amide bonds. The number of hydrogen-bond acceptors (Lipinski definition) is 10. The Bertz CT molecular complexity index is 2280. The minimum absolute atomic E-state index is 0.152. The van der Waals surface area contributed by atoms with E-state index in [-0.39, 0.29) is 28.9 Å². The monoisotopic (exact) mass is 888 g/mol. The highest BCUT2D eigenvalue weighted by molar-refractivity contribution is 6.76. The Morgan fingerprint density at radius 2 is 1.16 bits per heavy atom. The average Bonchev–Trinajstić information content (AvgIpc) is 3.94. The van der Waals surface area contributed by atoms with Crippen LogP contribution >= 0.6 is 34.8 Å². The van der Waals surface area contributed by atoms with E-state index in [9.17, 15) is 0 Å². The summed E-state index contributed by atoms with van der Waals surface area (Å²) in [5, 5.41) is 10.8. The first-order chi connectivity index (χ1) is 27.0. The third kappa shape index (κ3) is 12.2. The predicted molar refractivity (Wildman–Crippen MR) is 239 cm³/mol. The molecule has 14 nitrogen and oxygen atoms in total. The molecule has 7 heterocycles. The molecule has 1 aliphatic heterocycles. The maximum absolute atomic E-state index is 6.13. The van der Waals surface area contributed by atoms with E-state index < -0.39 is 16.1 Å². The molecule has 20 heteroatoms. The van der Waals surface area contributed by atoms with Crippen molar-refractivity contribution in [2.75, 3.05) is 13.2 Å². The highest BCUT2D eigenvalue weighted by Crippen LogP contribution is 2.36. The lowest BCUT2D eigenvalue weighted by molar-refractivity contribution is 0.00578. The van der Waals surface area contributed by atoms with Crippen molar-refractivity contribution in [3.63, 3.8) is 0 Å². The number of rotatable bonds is 12. The van der Waals surface area contributed by atoms with Crippen LogP contribution in [0.15, 0.2) is 49.3 Å². The first kappa shape index (κ1) is 45.9. The fourth-order valence-corrected chi connectivity index (χ4v) is 7.75. The quantitative estimate of drug-likeness (QED) is 0.0509. The summed E-state index contributed by atoms with van der Waals surface area (Å²) in [4.78, 5) is 16.9. The normalized spacial score (nSPS) is 15.1. The van der Waals surface area contributed by atoms with Crippen molar-refractivity contribution in [1.82, 2.24) is 48.6 Å². The molecule has 6 aromatic heterocycles. The molecule has 0 aromatic carbocycles. The van der Waals surface area contributed by atoms with Gasteiger partial charge in [0.25, 0.3) is 0 Å². The zero-order valence-corrected chi connectivity index (χ0v) is 39.9. The first-order valence-corrected chi connectivity index (χ1v) is 27.8. The van der Waals surface area contributed by atoms with Crippen LogP contribution in [0.5, 0.6) is 0 Å². The molecule has 314 valence electrons. The molecule has 0 bridgehead atoms. The van der Waals surface area contributed by atoms with E-state index in [1.807, 2.05) is 87.8 Å². The second-order valence-electron chi connectivity index (χ2n) is 17.8. The molecule has 0 unspecified atom stereocenters. The van der Waals surface area contributed by atoms with Gasteiger partial charge in [0.1, 0.15) is 29.9 Å². The van der Waals surface area contributed by atoms with Gasteiger partial charge in [0.15, 0.2) is 0 Å².